The van der Waals surface area contributed by atoms with E-state index in [0.29, 0.717) is 4.88 Å². The van der Waals surface area contributed by atoms with Crippen molar-refractivity contribution in [1.29, 1.82) is 0 Å². The fourth-order valence-electron chi connectivity index (χ4n) is 6.62. The third-order valence-electron chi connectivity index (χ3n) is 8.87. The Morgan fingerprint density at radius 1 is 0.905 bits per heavy atom. The van der Waals surface area contributed by atoms with Crippen LogP contribution in [-0.2, 0) is 9.47 Å². The molecule has 0 unspecified atom stereocenters. The molecule has 1 aromatic heterocycles. The number of thiazole rings is 1. The van der Waals surface area contributed by atoms with Crippen molar-refractivity contribution >= 4 is 40.4 Å². The van der Waals surface area contributed by atoms with Crippen LogP contribution in [-0.4, -0.2) is 74.2 Å². The summed E-state index contributed by atoms with van der Waals surface area (Å²) in [6.45, 7) is 8.62. The fourth-order valence-corrected chi connectivity index (χ4v) is 7.35. The zero-order chi connectivity index (χ0) is 28.5. The lowest BCUT2D eigenvalue weighted by Crippen LogP contribution is -2.36. The second-order valence-electron chi connectivity index (χ2n) is 11.4. The Kier molecular flexibility index (Phi) is 7.80. The largest absolute Gasteiger partial charge is 0.378 e. The van der Waals surface area contributed by atoms with E-state index in [2.05, 4.69) is 69.4 Å². The number of benzene rings is 2. The quantitative estimate of drug-likeness (QED) is 0.392. The van der Waals surface area contributed by atoms with Crippen molar-refractivity contribution in [3.63, 3.8) is 0 Å². The van der Waals surface area contributed by atoms with Crippen molar-refractivity contribution < 1.29 is 14.3 Å². The Balaban J connectivity index is 1.20. The van der Waals surface area contributed by atoms with Crippen LogP contribution in [0.15, 0.2) is 64.7 Å². The Morgan fingerprint density at radius 3 is 2.12 bits per heavy atom. The molecular formula is C33H37N5O3S. The first kappa shape index (κ1) is 27.3. The SMILES string of the molecule is Cc1ncsc1C(=O)N1N=C2/C(=C\c3ccc(N4CCOCC4)cc3)CCC[C@@H]2[C@H]1c1ccc(N2CCOCC2)cc1. The highest BCUT2D eigenvalue weighted by Gasteiger charge is 2.44. The first-order chi connectivity index (χ1) is 20.7. The lowest BCUT2D eigenvalue weighted by molar-refractivity contribution is 0.0685. The molecule has 3 aliphatic heterocycles. The van der Waals surface area contributed by atoms with E-state index >= 15 is 0 Å². The molecule has 2 aromatic carbocycles. The Morgan fingerprint density at radius 2 is 1.52 bits per heavy atom. The number of aryl methyl sites for hydroxylation is 1. The molecule has 9 heteroatoms. The van der Waals surface area contributed by atoms with Gasteiger partial charge in [0.1, 0.15) is 4.88 Å². The Labute approximate surface area is 251 Å². The van der Waals surface area contributed by atoms with Crippen LogP contribution < -0.4 is 9.80 Å². The third-order valence-corrected chi connectivity index (χ3v) is 9.79. The topological polar surface area (TPSA) is 70.5 Å². The van der Waals surface area contributed by atoms with Gasteiger partial charge in [-0.1, -0.05) is 24.3 Å². The lowest BCUT2D eigenvalue weighted by Gasteiger charge is -2.31. The lowest BCUT2D eigenvalue weighted by atomic mass is 9.77. The first-order valence-electron chi connectivity index (χ1n) is 15.0. The van der Waals surface area contributed by atoms with Crippen LogP contribution in [0.2, 0.25) is 0 Å². The van der Waals surface area contributed by atoms with Crippen molar-refractivity contribution in [1.82, 2.24) is 9.99 Å². The molecule has 42 heavy (non-hydrogen) atoms. The molecule has 7 rings (SSSR count). The van der Waals surface area contributed by atoms with Crippen molar-refractivity contribution in [3.8, 4) is 0 Å². The van der Waals surface area contributed by atoms with E-state index in [0.717, 1.165) is 88.8 Å². The van der Waals surface area contributed by atoms with E-state index in [4.69, 9.17) is 14.6 Å². The zero-order valence-electron chi connectivity index (χ0n) is 24.1. The van der Waals surface area contributed by atoms with Crippen molar-refractivity contribution in [3.05, 3.63) is 81.3 Å². The van der Waals surface area contributed by atoms with Crippen LogP contribution in [0.3, 0.4) is 0 Å². The van der Waals surface area contributed by atoms with Crippen LogP contribution in [0.1, 0.15) is 51.8 Å². The molecule has 2 saturated heterocycles. The maximum Gasteiger partial charge on any atom is 0.286 e. The highest BCUT2D eigenvalue weighted by molar-refractivity contribution is 7.11. The van der Waals surface area contributed by atoms with Crippen molar-refractivity contribution in [2.24, 2.45) is 11.0 Å². The number of nitrogens with zero attached hydrogens (tertiary/aromatic N) is 5. The molecule has 1 amide bonds. The molecule has 4 heterocycles. The van der Waals surface area contributed by atoms with Crippen LogP contribution in [0.5, 0.6) is 0 Å². The van der Waals surface area contributed by atoms with Gasteiger partial charge in [0.15, 0.2) is 0 Å². The number of morpholine rings is 2. The minimum atomic E-state index is -0.139. The summed E-state index contributed by atoms with van der Waals surface area (Å²) in [6.07, 6.45) is 5.32. The molecule has 0 spiro atoms. The molecule has 1 aliphatic carbocycles. The van der Waals surface area contributed by atoms with Crippen molar-refractivity contribution in [2.75, 3.05) is 62.4 Å². The standard InChI is InChI=1S/C33H37N5O3S/c1-23-32(42-22-34-23)33(39)38-31(25-7-11-28(12-8-25)37-15-19-41-20-16-37)29-4-2-3-26(30(29)35-38)21-24-5-9-27(10-6-24)36-13-17-40-18-14-36/h5-12,21-22,29,31H,2-4,13-20H2,1H3/b26-21-/t29-,31+/m0/s1. The summed E-state index contributed by atoms with van der Waals surface area (Å²) in [4.78, 5) is 23.7. The number of hydrogen-bond acceptors (Lipinski definition) is 8. The van der Waals surface area contributed by atoms with Crippen LogP contribution in [0.4, 0.5) is 11.4 Å². The smallest absolute Gasteiger partial charge is 0.286 e. The van der Waals surface area contributed by atoms with E-state index in [1.165, 1.54) is 33.8 Å². The summed E-state index contributed by atoms with van der Waals surface area (Å²) in [6, 6.07) is 17.4. The molecule has 3 fully saturated rings. The van der Waals surface area contributed by atoms with E-state index < -0.39 is 0 Å². The zero-order valence-corrected chi connectivity index (χ0v) is 24.9. The number of amides is 1. The van der Waals surface area contributed by atoms with Crippen LogP contribution >= 0.6 is 11.3 Å². The predicted octanol–water partition coefficient (Wildman–Crippen LogP) is 5.56. The van der Waals surface area contributed by atoms with Crippen molar-refractivity contribution in [2.45, 2.75) is 32.2 Å². The molecule has 4 aliphatic rings. The maximum atomic E-state index is 14.0. The number of anilines is 2. The molecule has 8 nitrogen and oxygen atoms in total. The second-order valence-corrected chi connectivity index (χ2v) is 12.3. The highest BCUT2D eigenvalue weighted by Crippen LogP contribution is 2.45. The normalized spacial score (nSPS) is 23.7. The minimum Gasteiger partial charge on any atom is -0.378 e. The third kappa shape index (κ3) is 5.37. The Bertz CT molecular complexity index is 1470. The average molecular weight is 584 g/mol. The van der Waals surface area contributed by atoms with E-state index in [1.54, 1.807) is 10.5 Å². The van der Waals surface area contributed by atoms with Gasteiger partial charge >= 0.3 is 0 Å². The summed E-state index contributed by atoms with van der Waals surface area (Å²) >= 11 is 1.40. The van der Waals surface area contributed by atoms with Gasteiger partial charge in [-0.15, -0.1) is 11.3 Å². The van der Waals surface area contributed by atoms with Gasteiger partial charge in [-0.25, -0.2) is 9.99 Å². The van der Waals surface area contributed by atoms with Gasteiger partial charge in [0.05, 0.1) is 49.4 Å². The van der Waals surface area contributed by atoms with Crippen LogP contribution in [0, 0.1) is 12.8 Å². The second kappa shape index (κ2) is 12.0. The molecule has 0 bridgehead atoms. The minimum absolute atomic E-state index is 0.0617. The Hall–Kier alpha value is -3.53. The molecular weight excluding hydrogens is 546 g/mol. The molecule has 0 radical (unpaired) electrons. The summed E-state index contributed by atoms with van der Waals surface area (Å²) in [7, 11) is 0. The molecule has 2 atom stereocenters. The van der Waals surface area contributed by atoms with Gasteiger partial charge in [-0.3, -0.25) is 4.79 Å². The summed E-state index contributed by atoms with van der Waals surface area (Å²) in [5.74, 6) is 0.0948. The predicted molar refractivity (Wildman–Crippen MR) is 167 cm³/mol. The van der Waals surface area contributed by atoms with E-state index in [-0.39, 0.29) is 17.9 Å². The first-order valence-corrected chi connectivity index (χ1v) is 15.9. The number of rotatable bonds is 5. The number of ether oxygens (including phenoxy) is 2. The highest BCUT2D eigenvalue weighted by atomic mass is 32.1. The van der Waals surface area contributed by atoms with Gasteiger partial charge in [0.25, 0.3) is 5.91 Å². The van der Waals surface area contributed by atoms with Crippen LogP contribution in [0.25, 0.3) is 6.08 Å². The monoisotopic (exact) mass is 583 g/mol. The van der Waals surface area contributed by atoms with E-state index in [1.807, 2.05) is 6.92 Å². The number of allylic oxidation sites excluding steroid dienone is 1. The van der Waals surface area contributed by atoms with Gasteiger partial charge in [0, 0.05) is 43.5 Å². The number of carbonyl (C=O) groups excluding carboxylic acids is 1. The number of hydrazone groups is 1. The fraction of sp³-hybridized carbons (Fsp3) is 0.424. The van der Waals surface area contributed by atoms with Gasteiger partial charge in [-0.05, 0) is 73.2 Å². The maximum absolute atomic E-state index is 14.0. The summed E-state index contributed by atoms with van der Waals surface area (Å²) in [5.41, 5.74) is 9.52. The molecule has 3 aromatic rings. The average Bonchev–Trinajstić information content (AvgIpc) is 3.66. The molecule has 0 N–H and O–H groups in total. The van der Waals surface area contributed by atoms with Gasteiger partial charge < -0.3 is 19.3 Å². The number of aromatic nitrogens is 1. The van der Waals surface area contributed by atoms with Gasteiger partial charge in [-0.2, -0.15) is 5.10 Å². The van der Waals surface area contributed by atoms with Gasteiger partial charge in [0.2, 0.25) is 0 Å². The number of carbonyl (C=O) groups is 1. The molecule has 1 saturated carbocycles. The number of fused-ring (bicyclic) bond motifs is 1. The molecule has 218 valence electrons. The number of hydrogen-bond donors (Lipinski definition) is 0. The summed E-state index contributed by atoms with van der Waals surface area (Å²) in [5, 5.41) is 6.86. The summed E-state index contributed by atoms with van der Waals surface area (Å²) < 4.78 is 11.1. The van der Waals surface area contributed by atoms with E-state index in [9.17, 15) is 4.79 Å².